The van der Waals surface area contributed by atoms with Crippen molar-refractivity contribution in [2.45, 2.75) is 6.61 Å². The summed E-state index contributed by atoms with van der Waals surface area (Å²) in [5, 5.41) is 3.63. The number of carbonyl (C=O) groups excluding carboxylic acids is 1. The van der Waals surface area contributed by atoms with Crippen LogP contribution in [0.4, 0.5) is 8.78 Å². The van der Waals surface area contributed by atoms with Crippen LogP contribution in [0, 0.1) is 3.57 Å². The number of hydrogen-bond acceptors (Lipinski definition) is 4. The van der Waals surface area contributed by atoms with Crippen molar-refractivity contribution in [3.8, 4) is 5.88 Å². The molecule has 8 heteroatoms. The van der Waals surface area contributed by atoms with Gasteiger partial charge in [0, 0.05) is 7.05 Å². The number of methoxy groups -OCH3 is 1. The molecule has 5 nitrogen and oxygen atoms in total. The quantitative estimate of drug-likeness (QED) is 0.621. The van der Waals surface area contributed by atoms with Crippen molar-refractivity contribution in [1.29, 1.82) is 0 Å². The summed E-state index contributed by atoms with van der Waals surface area (Å²) in [5.41, 5.74) is 0.0775. The lowest BCUT2D eigenvalue weighted by Crippen LogP contribution is -2.09. The summed E-state index contributed by atoms with van der Waals surface area (Å²) in [6.45, 7) is -2.97. The first-order chi connectivity index (χ1) is 6.97. The molecule has 0 atom stereocenters. The molecule has 0 bridgehead atoms. The number of halogens is 3. The predicted octanol–water partition coefficient (Wildman–Crippen LogP) is 1.41. The van der Waals surface area contributed by atoms with Gasteiger partial charge in [0.2, 0.25) is 0 Å². The minimum absolute atomic E-state index is 0.0775. The third kappa shape index (κ3) is 2.55. The number of aryl methyl sites for hydroxylation is 1. The van der Waals surface area contributed by atoms with E-state index in [1.807, 2.05) is 0 Å². The van der Waals surface area contributed by atoms with E-state index in [9.17, 15) is 13.6 Å². The Kier molecular flexibility index (Phi) is 3.83. The van der Waals surface area contributed by atoms with Crippen LogP contribution >= 0.6 is 22.6 Å². The van der Waals surface area contributed by atoms with Gasteiger partial charge >= 0.3 is 12.6 Å². The van der Waals surface area contributed by atoms with Crippen molar-refractivity contribution in [2.24, 2.45) is 7.05 Å². The maximum absolute atomic E-state index is 11.9. The third-order valence-electron chi connectivity index (χ3n) is 1.54. The van der Waals surface area contributed by atoms with Gasteiger partial charge in [-0.3, -0.25) is 4.68 Å². The van der Waals surface area contributed by atoms with Crippen LogP contribution in [-0.2, 0) is 11.8 Å². The van der Waals surface area contributed by atoms with Gasteiger partial charge in [-0.05, 0) is 22.6 Å². The maximum Gasteiger partial charge on any atom is 0.388 e. The number of esters is 1. The molecule has 15 heavy (non-hydrogen) atoms. The summed E-state index contributed by atoms with van der Waals surface area (Å²) in [5.74, 6) is -0.938. The number of nitrogens with zero attached hydrogens (tertiary/aromatic N) is 2. The molecule has 1 aromatic heterocycles. The van der Waals surface area contributed by atoms with Crippen molar-refractivity contribution in [2.75, 3.05) is 7.11 Å². The highest BCUT2D eigenvalue weighted by molar-refractivity contribution is 14.1. The zero-order chi connectivity index (χ0) is 11.6. The molecule has 0 aliphatic rings. The molecular weight excluding hydrogens is 325 g/mol. The minimum atomic E-state index is -2.97. The Bertz CT molecular complexity index is 381. The predicted molar refractivity (Wildman–Crippen MR) is 53.9 cm³/mol. The molecular formula is C7H7F2IN2O3. The van der Waals surface area contributed by atoms with Gasteiger partial charge in [-0.25, -0.2) is 4.79 Å². The molecule has 0 radical (unpaired) electrons. The number of aromatic nitrogens is 2. The highest BCUT2D eigenvalue weighted by Crippen LogP contribution is 2.24. The Morgan fingerprint density at radius 1 is 1.60 bits per heavy atom. The van der Waals surface area contributed by atoms with E-state index < -0.39 is 12.6 Å². The van der Waals surface area contributed by atoms with Gasteiger partial charge in [-0.1, -0.05) is 0 Å². The van der Waals surface area contributed by atoms with Gasteiger partial charge < -0.3 is 9.47 Å². The lowest BCUT2D eigenvalue weighted by Gasteiger charge is -1.99. The highest BCUT2D eigenvalue weighted by Gasteiger charge is 2.23. The van der Waals surface area contributed by atoms with E-state index in [2.05, 4.69) is 14.6 Å². The molecule has 0 spiro atoms. The van der Waals surface area contributed by atoms with Crippen LogP contribution in [0.15, 0.2) is 0 Å². The van der Waals surface area contributed by atoms with Gasteiger partial charge in [0.05, 0.1) is 7.11 Å². The topological polar surface area (TPSA) is 53.4 Å². The zero-order valence-electron chi connectivity index (χ0n) is 7.83. The molecule has 0 fully saturated rings. The van der Waals surface area contributed by atoms with Crippen molar-refractivity contribution in [3.63, 3.8) is 0 Å². The first kappa shape index (κ1) is 12.1. The fourth-order valence-electron chi connectivity index (χ4n) is 0.952. The summed E-state index contributed by atoms with van der Waals surface area (Å²) in [6, 6.07) is 0. The summed E-state index contributed by atoms with van der Waals surface area (Å²) in [7, 11) is 2.63. The molecule has 0 aliphatic carbocycles. The van der Waals surface area contributed by atoms with Crippen LogP contribution in [0.25, 0.3) is 0 Å². The number of carbonyl (C=O) groups is 1. The lowest BCUT2D eigenvalue weighted by molar-refractivity contribution is -0.0537. The average molecular weight is 332 g/mol. The molecule has 1 aromatic rings. The van der Waals surface area contributed by atoms with Crippen LogP contribution in [0.1, 0.15) is 10.5 Å². The van der Waals surface area contributed by atoms with Gasteiger partial charge in [0.25, 0.3) is 5.88 Å². The molecule has 1 rings (SSSR count). The molecule has 0 aliphatic heterocycles. The van der Waals surface area contributed by atoms with E-state index in [-0.39, 0.29) is 15.1 Å². The minimum Gasteiger partial charge on any atom is -0.464 e. The normalized spacial score (nSPS) is 10.5. The second-order valence-corrected chi connectivity index (χ2v) is 3.54. The maximum atomic E-state index is 11.9. The van der Waals surface area contributed by atoms with Gasteiger partial charge in [-0.15, -0.1) is 5.10 Å². The van der Waals surface area contributed by atoms with Gasteiger partial charge in [-0.2, -0.15) is 8.78 Å². The van der Waals surface area contributed by atoms with E-state index in [1.165, 1.54) is 14.2 Å². The van der Waals surface area contributed by atoms with E-state index in [1.54, 1.807) is 22.6 Å². The number of ether oxygens (including phenoxy) is 2. The summed E-state index contributed by atoms with van der Waals surface area (Å²) < 4.78 is 33.8. The molecule has 0 saturated heterocycles. The van der Waals surface area contributed by atoms with Crippen LogP contribution in [-0.4, -0.2) is 29.5 Å². The lowest BCUT2D eigenvalue weighted by atomic mass is 10.4. The average Bonchev–Trinajstić information content (AvgIpc) is 2.40. The number of hydrogen-bond donors (Lipinski definition) is 0. The fraction of sp³-hybridized carbons (Fsp3) is 0.429. The molecule has 0 N–H and O–H groups in total. The van der Waals surface area contributed by atoms with Crippen molar-refractivity contribution < 1.29 is 23.0 Å². The van der Waals surface area contributed by atoms with Crippen molar-refractivity contribution in [1.82, 2.24) is 9.78 Å². The second-order valence-electron chi connectivity index (χ2n) is 2.46. The first-order valence-electron chi connectivity index (χ1n) is 3.73. The monoisotopic (exact) mass is 332 g/mol. The number of rotatable bonds is 3. The Hall–Kier alpha value is -0.930. The fourth-order valence-corrected chi connectivity index (χ4v) is 1.76. The Morgan fingerprint density at radius 3 is 2.67 bits per heavy atom. The molecule has 84 valence electrons. The van der Waals surface area contributed by atoms with Crippen LogP contribution < -0.4 is 4.74 Å². The first-order valence-corrected chi connectivity index (χ1v) is 4.80. The van der Waals surface area contributed by atoms with E-state index in [0.29, 0.717) is 0 Å². The summed E-state index contributed by atoms with van der Waals surface area (Å²) in [4.78, 5) is 11.2. The van der Waals surface area contributed by atoms with E-state index >= 15 is 0 Å². The zero-order valence-corrected chi connectivity index (χ0v) is 9.99. The Labute approximate surface area is 97.5 Å². The number of alkyl halides is 2. The molecule has 1 heterocycles. The van der Waals surface area contributed by atoms with Crippen molar-refractivity contribution >= 4 is 28.6 Å². The molecule has 0 saturated carbocycles. The smallest absolute Gasteiger partial charge is 0.388 e. The van der Waals surface area contributed by atoms with E-state index in [4.69, 9.17) is 0 Å². The van der Waals surface area contributed by atoms with Gasteiger partial charge in [0.1, 0.15) is 3.57 Å². The van der Waals surface area contributed by atoms with E-state index in [0.717, 1.165) is 4.68 Å². The Balaban J connectivity index is 3.09. The standard InChI is InChI=1S/C7H7F2IN2O3/c1-12-4(6(13)14-2)3(10)5(11-12)15-7(8)9/h7H,1-2H3. The summed E-state index contributed by atoms with van der Waals surface area (Å²) in [6.07, 6.45) is 0. The largest absolute Gasteiger partial charge is 0.464 e. The van der Waals surface area contributed by atoms with Gasteiger partial charge in [0.15, 0.2) is 5.69 Å². The molecule has 0 amide bonds. The highest BCUT2D eigenvalue weighted by atomic mass is 127. The summed E-state index contributed by atoms with van der Waals surface area (Å²) >= 11 is 1.69. The SMILES string of the molecule is COC(=O)c1c(I)c(OC(F)F)nn1C. The van der Waals surface area contributed by atoms with Crippen LogP contribution in [0.2, 0.25) is 0 Å². The molecule has 0 unspecified atom stereocenters. The third-order valence-corrected chi connectivity index (χ3v) is 2.51. The molecule has 0 aromatic carbocycles. The van der Waals surface area contributed by atoms with Crippen molar-refractivity contribution in [3.05, 3.63) is 9.26 Å². The van der Waals surface area contributed by atoms with Crippen LogP contribution in [0.5, 0.6) is 5.88 Å². The Morgan fingerprint density at radius 2 is 2.20 bits per heavy atom. The van der Waals surface area contributed by atoms with Crippen LogP contribution in [0.3, 0.4) is 0 Å². The second kappa shape index (κ2) is 4.73.